The summed E-state index contributed by atoms with van der Waals surface area (Å²) in [6.07, 6.45) is 8.95. The minimum absolute atomic E-state index is 0.101. The summed E-state index contributed by atoms with van der Waals surface area (Å²) >= 11 is 0. The van der Waals surface area contributed by atoms with Crippen molar-refractivity contribution in [2.75, 3.05) is 43.5 Å². The summed E-state index contributed by atoms with van der Waals surface area (Å²) in [4.78, 5) is 40.0. The topological polar surface area (TPSA) is 130 Å². The molecular weight excluding hydrogens is 484 g/mol. The Hall–Kier alpha value is -4.09. The third kappa shape index (κ3) is 4.90. The van der Waals surface area contributed by atoms with E-state index in [1.54, 1.807) is 29.2 Å². The van der Waals surface area contributed by atoms with Crippen LogP contribution in [0, 0.1) is 12.3 Å². The van der Waals surface area contributed by atoms with E-state index >= 15 is 0 Å². The lowest BCUT2D eigenvalue weighted by Gasteiger charge is -2.21. The summed E-state index contributed by atoms with van der Waals surface area (Å²) in [5.41, 5.74) is 4.84. The maximum absolute atomic E-state index is 13.1. The molecular formula is C27H30N8O3. The van der Waals surface area contributed by atoms with Crippen molar-refractivity contribution >= 4 is 34.2 Å². The predicted octanol–water partition coefficient (Wildman–Crippen LogP) is 2.97. The Morgan fingerprint density at radius 2 is 2.03 bits per heavy atom. The van der Waals surface area contributed by atoms with Crippen LogP contribution < -0.4 is 10.6 Å². The maximum Gasteiger partial charge on any atom is 0.257 e. The molecule has 4 aromatic heterocycles. The van der Waals surface area contributed by atoms with Gasteiger partial charge in [0.2, 0.25) is 5.91 Å². The second kappa shape index (κ2) is 9.66. The van der Waals surface area contributed by atoms with Gasteiger partial charge in [0, 0.05) is 49.0 Å². The number of H-pyrrole nitrogens is 1. The molecule has 0 aliphatic carbocycles. The van der Waals surface area contributed by atoms with Gasteiger partial charge in [-0.25, -0.2) is 4.98 Å². The molecule has 2 saturated heterocycles. The third-order valence-electron chi connectivity index (χ3n) is 7.44. The Bertz CT molecular complexity index is 1520. The first-order valence-corrected chi connectivity index (χ1v) is 12.7. The van der Waals surface area contributed by atoms with Gasteiger partial charge >= 0.3 is 0 Å². The zero-order chi connectivity index (χ0) is 26.3. The summed E-state index contributed by atoms with van der Waals surface area (Å²) < 4.78 is 7.31. The van der Waals surface area contributed by atoms with Gasteiger partial charge in [0.05, 0.1) is 53.9 Å². The molecule has 38 heavy (non-hydrogen) atoms. The summed E-state index contributed by atoms with van der Waals surface area (Å²) in [7, 11) is 1.86. The van der Waals surface area contributed by atoms with Gasteiger partial charge in [0.25, 0.3) is 5.91 Å². The van der Waals surface area contributed by atoms with Crippen LogP contribution >= 0.6 is 0 Å². The third-order valence-corrected chi connectivity index (χ3v) is 7.44. The number of carbonyl (C=O) groups is 2. The smallest absolute Gasteiger partial charge is 0.257 e. The lowest BCUT2D eigenvalue weighted by molar-refractivity contribution is -0.117. The van der Waals surface area contributed by atoms with E-state index in [0.29, 0.717) is 34.8 Å². The summed E-state index contributed by atoms with van der Waals surface area (Å²) in [5.74, 6) is -0.409. The Morgan fingerprint density at radius 1 is 1.13 bits per heavy atom. The molecule has 2 amide bonds. The summed E-state index contributed by atoms with van der Waals surface area (Å²) in [6, 6.07) is 5.47. The number of rotatable bonds is 6. The molecule has 0 aromatic carbocycles. The maximum atomic E-state index is 13.1. The number of ether oxygens (including phenoxy) is 1. The van der Waals surface area contributed by atoms with Gasteiger partial charge in [0.1, 0.15) is 5.65 Å². The Labute approximate surface area is 219 Å². The molecule has 11 nitrogen and oxygen atoms in total. The number of carbonyl (C=O) groups excluding carboxylic acids is 2. The van der Waals surface area contributed by atoms with Gasteiger partial charge in [-0.3, -0.25) is 24.2 Å². The quantitative estimate of drug-likeness (QED) is 0.361. The van der Waals surface area contributed by atoms with E-state index in [2.05, 4.69) is 35.6 Å². The molecule has 0 bridgehead atoms. The van der Waals surface area contributed by atoms with E-state index in [1.165, 1.54) is 6.20 Å². The normalized spacial score (nSPS) is 19.4. The first-order chi connectivity index (χ1) is 18.4. The molecule has 11 heteroatoms. The van der Waals surface area contributed by atoms with Gasteiger partial charge in [0.15, 0.2) is 0 Å². The van der Waals surface area contributed by atoms with Crippen LogP contribution in [0.15, 0.2) is 43.0 Å². The van der Waals surface area contributed by atoms with E-state index < -0.39 is 0 Å². The highest BCUT2D eigenvalue weighted by Gasteiger charge is 2.41. The second-order valence-corrected chi connectivity index (χ2v) is 10.4. The van der Waals surface area contributed by atoms with Crippen LogP contribution in [0.3, 0.4) is 0 Å². The molecule has 1 spiro atoms. The van der Waals surface area contributed by atoms with Crippen molar-refractivity contribution in [3.8, 4) is 11.3 Å². The number of aromatic amines is 1. The van der Waals surface area contributed by atoms with E-state index in [9.17, 15) is 9.59 Å². The number of pyridine rings is 2. The average molecular weight is 515 g/mol. The highest BCUT2D eigenvalue weighted by molar-refractivity contribution is 6.06. The van der Waals surface area contributed by atoms with Gasteiger partial charge in [-0.05, 0) is 44.5 Å². The molecule has 3 N–H and O–H groups in total. The first kappa shape index (κ1) is 24.3. The number of fused-ring (bicyclic) bond motifs is 1. The molecule has 1 atom stereocenters. The fourth-order valence-electron chi connectivity index (χ4n) is 5.32. The van der Waals surface area contributed by atoms with Crippen molar-refractivity contribution in [3.05, 3.63) is 54.2 Å². The van der Waals surface area contributed by atoms with Crippen LogP contribution in [-0.2, 0) is 16.6 Å². The summed E-state index contributed by atoms with van der Waals surface area (Å²) in [6.45, 7) is 5.51. The number of hydrogen-bond donors (Lipinski definition) is 3. The van der Waals surface area contributed by atoms with E-state index in [1.807, 2.05) is 26.2 Å². The van der Waals surface area contributed by atoms with Gasteiger partial charge < -0.3 is 20.4 Å². The Kier molecular flexibility index (Phi) is 6.16. The van der Waals surface area contributed by atoms with Crippen molar-refractivity contribution in [2.45, 2.75) is 19.8 Å². The van der Waals surface area contributed by atoms with Crippen molar-refractivity contribution in [3.63, 3.8) is 0 Å². The average Bonchev–Trinajstić information content (AvgIpc) is 3.69. The van der Waals surface area contributed by atoms with Gasteiger partial charge in [-0.1, -0.05) is 0 Å². The molecule has 1 unspecified atom stereocenters. The second-order valence-electron chi connectivity index (χ2n) is 10.4. The van der Waals surface area contributed by atoms with Crippen LogP contribution in [-0.4, -0.2) is 74.3 Å². The van der Waals surface area contributed by atoms with Crippen molar-refractivity contribution in [1.29, 1.82) is 0 Å². The number of nitrogens with one attached hydrogen (secondary N) is 3. The molecule has 2 fully saturated rings. The standard InChI is InChI=1S/C27H30N8O3/c1-17-22(9-21(12-28-17)31-24(36)14-35-5-3-27(15-35)4-6-38-16-27)33-26(37)19-7-18-8-23(32-25(18)29-10-19)20-11-30-34(2)13-20/h7-13H,3-6,14-16H2,1-2H3,(H,29,32)(H,31,36)(H,33,37). The fraction of sp³-hybridized carbons (Fsp3) is 0.370. The zero-order valence-corrected chi connectivity index (χ0v) is 21.5. The minimum Gasteiger partial charge on any atom is -0.381 e. The van der Waals surface area contributed by atoms with E-state index in [-0.39, 0.29) is 17.2 Å². The number of amides is 2. The predicted molar refractivity (Wildman–Crippen MR) is 143 cm³/mol. The lowest BCUT2D eigenvalue weighted by Crippen LogP contribution is -2.34. The van der Waals surface area contributed by atoms with Crippen LogP contribution in [0.4, 0.5) is 11.4 Å². The number of nitrogens with zero attached hydrogens (tertiary/aromatic N) is 5. The van der Waals surface area contributed by atoms with Crippen LogP contribution in [0.5, 0.6) is 0 Å². The number of likely N-dealkylation sites (tertiary alicyclic amines) is 1. The molecule has 196 valence electrons. The van der Waals surface area contributed by atoms with Crippen molar-refractivity contribution < 1.29 is 14.3 Å². The molecule has 4 aromatic rings. The Balaban J connectivity index is 1.11. The highest BCUT2D eigenvalue weighted by Crippen LogP contribution is 2.38. The molecule has 0 radical (unpaired) electrons. The Morgan fingerprint density at radius 3 is 2.82 bits per heavy atom. The van der Waals surface area contributed by atoms with Crippen LogP contribution in [0.25, 0.3) is 22.3 Å². The number of hydrogen-bond acceptors (Lipinski definition) is 7. The van der Waals surface area contributed by atoms with Crippen LogP contribution in [0.1, 0.15) is 28.9 Å². The summed E-state index contributed by atoms with van der Waals surface area (Å²) in [5, 5.41) is 10.9. The van der Waals surface area contributed by atoms with Crippen molar-refractivity contribution in [1.82, 2.24) is 29.6 Å². The van der Waals surface area contributed by atoms with E-state index in [0.717, 1.165) is 55.8 Å². The van der Waals surface area contributed by atoms with Gasteiger partial charge in [-0.2, -0.15) is 5.10 Å². The zero-order valence-electron chi connectivity index (χ0n) is 21.5. The van der Waals surface area contributed by atoms with Crippen LogP contribution in [0.2, 0.25) is 0 Å². The lowest BCUT2D eigenvalue weighted by atomic mass is 9.87. The largest absolute Gasteiger partial charge is 0.381 e. The highest BCUT2D eigenvalue weighted by atomic mass is 16.5. The molecule has 2 aliphatic heterocycles. The fourth-order valence-corrected chi connectivity index (χ4v) is 5.32. The monoisotopic (exact) mass is 514 g/mol. The first-order valence-electron chi connectivity index (χ1n) is 12.7. The number of aromatic nitrogens is 5. The minimum atomic E-state index is -0.307. The van der Waals surface area contributed by atoms with E-state index in [4.69, 9.17) is 4.74 Å². The number of aryl methyl sites for hydroxylation is 2. The van der Waals surface area contributed by atoms with Crippen molar-refractivity contribution in [2.24, 2.45) is 12.5 Å². The SMILES string of the molecule is Cc1ncc(NC(=O)CN2CCC3(CCOC3)C2)cc1NC(=O)c1cnc2[nH]c(-c3cnn(C)c3)cc2c1. The molecule has 6 rings (SSSR count). The number of anilines is 2. The van der Waals surface area contributed by atoms with Gasteiger partial charge in [-0.15, -0.1) is 0 Å². The molecule has 6 heterocycles. The molecule has 0 saturated carbocycles. The molecule has 2 aliphatic rings.